The van der Waals surface area contributed by atoms with Crippen molar-refractivity contribution in [3.8, 4) is 44.5 Å². The summed E-state index contributed by atoms with van der Waals surface area (Å²) in [5.41, 5.74) is 22.2. The standard InChI is InChI=1S/C55H40N6/c1-34-12-16-37(17-13-34)53-45-26-24-43(58-45)52(36-8-4-3-5-9-36)44-25-27-46(59-44)54(38-18-14-35(2)15-19-38)48-29-31-50(61-48)55(49-30-28-47(53)60-49)40-22-20-39(21-23-40)51(41-10-6-32-56-41)42-11-7-33-57-42/h3-33,56,58,61H,1-2H3/b51-42-,52-43?,52-44?,53-45?,53-47?,54-46?,54-48?,55-49?,55-50?. The van der Waals surface area contributed by atoms with Crippen molar-refractivity contribution in [3.63, 3.8) is 0 Å². The molecule has 3 N–H and O–H groups in total. The zero-order valence-electron chi connectivity index (χ0n) is 33.7. The molecule has 6 heteroatoms. The molecule has 3 aliphatic heterocycles. The third kappa shape index (κ3) is 6.61. The lowest BCUT2D eigenvalue weighted by atomic mass is 9.96. The minimum Gasteiger partial charge on any atom is -0.361 e. The summed E-state index contributed by atoms with van der Waals surface area (Å²) in [5.74, 6) is 0. The van der Waals surface area contributed by atoms with Gasteiger partial charge in [-0.3, -0.25) is 4.99 Å². The third-order valence-corrected chi connectivity index (χ3v) is 11.6. The number of aromatic nitrogens is 5. The number of nitrogens with one attached hydrogen (secondary N) is 3. The molecule has 0 amide bonds. The van der Waals surface area contributed by atoms with Gasteiger partial charge in [-0.25, -0.2) is 9.97 Å². The maximum absolute atomic E-state index is 5.50. The summed E-state index contributed by atoms with van der Waals surface area (Å²) in [6, 6.07) is 49.5. The van der Waals surface area contributed by atoms with Crippen LogP contribution in [-0.4, -0.2) is 31.1 Å². The Balaban J connectivity index is 1.23. The van der Waals surface area contributed by atoms with Crippen LogP contribution in [0.3, 0.4) is 0 Å². The fourth-order valence-electron chi connectivity index (χ4n) is 8.64. The summed E-state index contributed by atoms with van der Waals surface area (Å²) >= 11 is 0. The van der Waals surface area contributed by atoms with Crippen LogP contribution in [0.4, 0.5) is 0 Å². The van der Waals surface area contributed by atoms with E-state index in [1.165, 1.54) is 11.1 Å². The number of fused-ring (bicyclic) bond motifs is 8. The number of rotatable bonds is 6. The average Bonchev–Trinajstić information content (AvgIpc) is 4.14. The molecule has 290 valence electrons. The van der Waals surface area contributed by atoms with Crippen molar-refractivity contribution in [3.05, 3.63) is 209 Å². The second-order valence-corrected chi connectivity index (χ2v) is 15.7. The fourth-order valence-corrected chi connectivity index (χ4v) is 8.64. The van der Waals surface area contributed by atoms with Crippen molar-refractivity contribution in [1.82, 2.24) is 24.9 Å². The molecule has 0 unspecified atom stereocenters. The lowest BCUT2D eigenvalue weighted by molar-refractivity contribution is 1.31. The number of allylic oxidation sites excluding steroid dienone is 2. The van der Waals surface area contributed by atoms with Gasteiger partial charge in [-0.2, -0.15) is 0 Å². The molecule has 0 aliphatic carbocycles. The quantitative estimate of drug-likeness (QED) is 0.157. The van der Waals surface area contributed by atoms with Crippen molar-refractivity contribution < 1.29 is 0 Å². The zero-order chi connectivity index (χ0) is 40.9. The molecule has 0 saturated heterocycles. The Kier molecular flexibility index (Phi) is 8.82. The van der Waals surface area contributed by atoms with Crippen LogP contribution in [0.2, 0.25) is 0 Å². The number of hydrogen-bond donors (Lipinski definition) is 3. The first-order chi connectivity index (χ1) is 30.0. The molecule has 11 rings (SSSR count). The third-order valence-electron chi connectivity index (χ3n) is 11.6. The van der Waals surface area contributed by atoms with Gasteiger partial charge in [0.2, 0.25) is 0 Å². The SMILES string of the molecule is Cc1ccc(-c2c3nc(c(-c4ccc(/C(=C5\C=CC=N5)c5ccc[nH]5)cc4)c4ccc([nH]4)c(-c4ccc(C)cc4)c4nc(c(-c5ccccc5)c5ccc2[nH]5)C=C4)C=C3)cc1. The Morgan fingerprint density at radius 2 is 0.869 bits per heavy atom. The second kappa shape index (κ2) is 14.9. The number of benzene rings is 4. The van der Waals surface area contributed by atoms with E-state index in [0.29, 0.717) is 0 Å². The summed E-state index contributed by atoms with van der Waals surface area (Å²) in [6.07, 6.45) is 16.4. The van der Waals surface area contributed by atoms with Gasteiger partial charge in [0, 0.05) is 68.0 Å². The predicted molar refractivity (Wildman–Crippen MR) is 255 cm³/mol. The molecule has 0 atom stereocenters. The van der Waals surface area contributed by atoms with Crippen LogP contribution >= 0.6 is 0 Å². The summed E-state index contributed by atoms with van der Waals surface area (Å²) in [6.45, 7) is 4.24. The van der Waals surface area contributed by atoms with Crippen LogP contribution in [0, 0.1) is 13.8 Å². The van der Waals surface area contributed by atoms with Crippen LogP contribution in [-0.2, 0) is 0 Å². The molecule has 8 bridgehead atoms. The van der Waals surface area contributed by atoms with E-state index < -0.39 is 0 Å². The Morgan fingerprint density at radius 3 is 1.28 bits per heavy atom. The lowest BCUT2D eigenvalue weighted by Crippen LogP contribution is -1.93. The highest BCUT2D eigenvalue weighted by Gasteiger charge is 2.20. The number of H-pyrrole nitrogens is 3. The van der Waals surface area contributed by atoms with Crippen LogP contribution in [0.25, 0.3) is 96.5 Å². The molecule has 3 aliphatic rings. The summed E-state index contributed by atoms with van der Waals surface area (Å²) in [5, 5.41) is 0. The first kappa shape index (κ1) is 36.0. The van der Waals surface area contributed by atoms with Gasteiger partial charge >= 0.3 is 0 Å². The van der Waals surface area contributed by atoms with E-state index in [1.807, 2.05) is 24.6 Å². The van der Waals surface area contributed by atoms with Gasteiger partial charge in [-0.15, -0.1) is 0 Å². The van der Waals surface area contributed by atoms with Gasteiger partial charge in [0.1, 0.15) is 0 Å². The minimum atomic E-state index is 0.869. The number of aromatic amines is 3. The van der Waals surface area contributed by atoms with Crippen molar-refractivity contribution >= 4 is 58.2 Å². The molecule has 0 fully saturated rings. The van der Waals surface area contributed by atoms with Crippen LogP contribution in [0.15, 0.2) is 169 Å². The second-order valence-electron chi connectivity index (χ2n) is 15.7. The highest BCUT2D eigenvalue weighted by molar-refractivity contribution is 6.00. The van der Waals surface area contributed by atoms with Gasteiger partial charge in [0.25, 0.3) is 0 Å². The van der Waals surface area contributed by atoms with Gasteiger partial charge in [-0.05, 0) is 115 Å². The van der Waals surface area contributed by atoms with Crippen molar-refractivity contribution in [2.24, 2.45) is 4.99 Å². The number of hydrogen-bond acceptors (Lipinski definition) is 3. The van der Waals surface area contributed by atoms with Crippen LogP contribution in [0.1, 0.15) is 45.2 Å². The van der Waals surface area contributed by atoms with E-state index in [9.17, 15) is 0 Å². The summed E-state index contributed by atoms with van der Waals surface area (Å²) in [7, 11) is 0. The molecule has 0 spiro atoms. The zero-order valence-corrected chi connectivity index (χ0v) is 33.7. The number of nitrogens with zero attached hydrogens (tertiary/aromatic N) is 3. The molecule has 0 saturated carbocycles. The van der Waals surface area contributed by atoms with Crippen molar-refractivity contribution in [2.75, 3.05) is 0 Å². The number of aliphatic imine (C=N–C) groups is 1. The largest absolute Gasteiger partial charge is 0.361 e. The normalized spacial score (nSPS) is 13.7. The predicted octanol–water partition coefficient (Wildman–Crippen LogP) is 13.7. The Morgan fingerprint density at radius 1 is 0.426 bits per heavy atom. The maximum atomic E-state index is 5.50. The van der Waals surface area contributed by atoms with E-state index in [4.69, 9.17) is 9.97 Å². The van der Waals surface area contributed by atoms with Gasteiger partial charge < -0.3 is 15.0 Å². The highest BCUT2D eigenvalue weighted by atomic mass is 14.8. The highest BCUT2D eigenvalue weighted by Crippen LogP contribution is 2.39. The van der Waals surface area contributed by atoms with Crippen molar-refractivity contribution in [1.29, 1.82) is 0 Å². The molecule has 61 heavy (non-hydrogen) atoms. The Labute approximate surface area is 353 Å². The van der Waals surface area contributed by atoms with Gasteiger partial charge in [0.15, 0.2) is 0 Å². The van der Waals surface area contributed by atoms with Gasteiger partial charge in [-0.1, -0.05) is 114 Å². The van der Waals surface area contributed by atoms with Crippen LogP contribution < -0.4 is 0 Å². The topological polar surface area (TPSA) is 85.5 Å². The first-order valence-electron chi connectivity index (χ1n) is 20.6. The smallest absolute Gasteiger partial charge is 0.0737 e. The Hall–Kier alpha value is -8.09. The molecule has 0 radical (unpaired) electrons. The average molecular weight is 785 g/mol. The van der Waals surface area contributed by atoms with E-state index >= 15 is 0 Å². The molecular weight excluding hydrogens is 745 g/mol. The molecule has 4 aromatic carbocycles. The fraction of sp³-hybridized carbons (Fsp3) is 0.0364. The number of aryl methyl sites for hydroxylation is 2. The minimum absolute atomic E-state index is 0.869. The summed E-state index contributed by atoms with van der Waals surface area (Å²) < 4.78 is 0. The summed E-state index contributed by atoms with van der Waals surface area (Å²) in [4.78, 5) is 26.8. The molecule has 7 heterocycles. The van der Waals surface area contributed by atoms with E-state index in [2.05, 4.69) is 198 Å². The van der Waals surface area contributed by atoms with E-state index in [0.717, 1.165) is 112 Å². The van der Waals surface area contributed by atoms with Crippen LogP contribution in [0.5, 0.6) is 0 Å². The maximum Gasteiger partial charge on any atom is 0.0737 e. The molecule has 8 aromatic rings. The van der Waals surface area contributed by atoms with Crippen molar-refractivity contribution in [2.45, 2.75) is 13.8 Å². The molecule has 6 nitrogen and oxygen atoms in total. The first-order valence-corrected chi connectivity index (χ1v) is 20.6. The van der Waals surface area contributed by atoms with E-state index in [-0.39, 0.29) is 0 Å². The molecule has 4 aromatic heterocycles. The lowest BCUT2D eigenvalue weighted by Gasteiger charge is -2.11. The molecular formula is C55H40N6. The monoisotopic (exact) mass is 784 g/mol. The van der Waals surface area contributed by atoms with Gasteiger partial charge in [0.05, 0.1) is 28.5 Å². The van der Waals surface area contributed by atoms with E-state index in [1.54, 1.807) is 0 Å². The Bertz CT molecular complexity index is 3260.